The molecule has 2 aliphatic heterocycles. The van der Waals surface area contributed by atoms with Crippen LogP contribution in [0.4, 0.5) is 20.6 Å². The van der Waals surface area contributed by atoms with E-state index in [9.17, 15) is 9.18 Å². The molecule has 5 nitrogen and oxygen atoms in total. The van der Waals surface area contributed by atoms with Crippen LogP contribution in [0.15, 0.2) is 18.2 Å². The van der Waals surface area contributed by atoms with Gasteiger partial charge >= 0.3 is 6.09 Å². The second-order valence-electron chi connectivity index (χ2n) is 6.76. The summed E-state index contributed by atoms with van der Waals surface area (Å²) in [5.41, 5.74) is 6.79. The number of halogens is 1. The van der Waals surface area contributed by atoms with E-state index in [0.29, 0.717) is 31.1 Å². The summed E-state index contributed by atoms with van der Waals surface area (Å²) in [4.78, 5) is 16.1. The number of para-hydroxylation sites is 1. The fourth-order valence-electron chi connectivity index (χ4n) is 3.74. The fraction of sp³-hybridized carbons (Fsp3) is 0.611. The van der Waals surface area contributed by atoms with Crippen molar-refractivity contribution in [3.05, 3.63) is 24.0 Å². The molecule has 0 saturated carbocycles. The van der Waals surface area contributed by atoms with E-state index in [2.05, 4.69) is 6.92 Å². The minimum atomic E-state index is -0.282. The maximum Gasteiger partial charge on any atom is 0.410 e. The molecular formula is C18H26FN3O2. The van der Waals surface area contributed by atoms with Gasteiger partial charge in [-0.25, -0.2) is 9.18 Å². The average Bonchev–Trinajstić information content (AvgIpc) is 2.54. The number of ether oxygens (including phenoxy) is 1. The van der Waals surface area contributed by atoms with Crippen molar-refractivity contribution in [2.24, 2.45) is 0 Å². The summed E-state index contributed by atoms with van der Waals surface area (Å²) in [7, 11) is 0. The van der Waals surface area contributed by atoms with Gasteiger partial charge in [-0.3, -0.25) is 0 Å². The predicted molar refractivity (Wildman–Crippen MR) is 92.6 cm³/mol. The van der Waals surface area contributed by atoms with Crippen molar-refractivity contribution in [2.45, 2.75) is 44.6 Å². The molecule has 0 aliphatic carbocycles. The number of anilines is 2. The van der Waals surface area contributed by atoms with Crippen LogP contribution in [0.3, 0.4) is 0 Å². The summed E-state index contributed by atoms with van der Waals surface area (Å²) in [6.45, 7) is 4.71. The van der Waals surface area contributed by atoms with Crippen molar-refractivity contribution in [2.75, 3.05) is 36.9 Å². The Labute approximate surface area is 142 Å². The Morgan fingerprint density at radius 2 is 2.00 bits per heavy atom. The van der Waals surface area contributed by atoms with Gasteiger partial charge in [-0.05, 0) is 37.8 Å². The standard InChI is InChI=1S/C18H26FN3O2/c1-2-3-13-24-17(23)22-12-9-18(22)7-10-21(11-8-18)16-14(19)5-4-6-15(16)20/h4-6H,2-3,7-13,20H2,1H3. The van der Waals surface area contributed by atoms with Crippen LogP contribution in [-0.2, 0) is 4.74 Å². The van der Waals surface area contributed by atoms with Gasteiger partial charge in [-0.15, -0.1) is 0 Å². The average molecular weight is 335 g/mol. The van der Waals surface area contributed by atoms with Crippen LogP contribution >= 0.6 is 0 Å². The molecule has 1 amide bonds. The van der Waals surface area contributed by atoms with Crippen LogP contribution in [0.25, 0.3) is 0 Å². The Hall–Kier alpha value is -1.98. The van der Waals surface area contributed by atoms with Gasteiger partial charge in [0.15, 0.2) is 0 Å². The van der Waals surface area contributed by atoms with Crippen LogP contribution in [0, 0.1) is 5.82 Å². The molecule has 0 radical (unpaired) electrons. The Balaban J connectivity index is 1.61. The van der Waals surface area contributed by atoms with Crippen LogP contribution in [0.1, 0.15) is 39.0 Å². The topological polar surface area (TPSA) is 58.8 Å². The van der Waals surface area contributed by atoms with Gasteiger partial charge < -0.3 is 20.3 Å². The number of amides is 1. The summed E-state index contributed by atoms with van der Waals surface area (Å²) in [6, 6.07) is 4.79. The lowest BCUT2D eigenvalue weighted by atomic mass is 9.76. The van der Waals surface area contributed by atoms with Gasteiger partial charge in [0, 0.05) is 19.6 Å². The van der Waals surface area contributed by atoms with E-state index in [0.717, 1.165) is 38.6 Å². The number of carbonyl (C=O) groups excluding carboxylic acids is 1. The highest BCUT2D eigenvalue weighted by molar-refractivity contribution is 5.71. The summed E-state index contributed by atoms with van der Waals surface area (Å²) >= 11 is 0. The summed E-state index contributed by atoms with van der Waals surface area (Å²) < 4.78 is 19.5. The molecule has 2 N–H and O–H groups in total. The highest BCUT2D eigenvalue weighted by Gasteiger charge is 2.49. The van der Waals surface area contributed by atoms with Gasteiger partial charge in [0.05, 0.1) is 23.5 Å². The molecule has 3 rings (SSSR count). The van der Waals surface area contributed by atoms with Crippen LogP contribution in [0.2, 0.25) is 0 Å². The van der Waals surface area contributed by atoms with Gasteiger partial charge in [-0.2, -0.15) is 0 Å². The zero-order valence-electron chi connectivity index (χ0n) is 14.3. The van der Waals surface area contributed by atoms with Crippen molar-refractivity contribution in [3.8, 4) is 0 Å². The summed E-state index contributed by atoms with van der Waals surface area (Å²) in [5.74, 6) is -0.282. The molecule has 1 aromatic carbocycles. The number of carbonyl (C=O) groups is 1. The lowest BCUT2D eigenvalue weighted by Gasteiger charge is -2.55. The van der Waals surface area contributed by atoms with E-state index < -0.39 is 0 Å². The van der Waals surface area contributed by atoms with Crippen LogP contribution in [-0.4, -0.2) is 42.8 Å². The monoisotopic (exact) mass is 335 g/mol. The zero-order chi connectivity index (χ0) is 17.2. The Bertz CT molecular complexity index is 580. The van der Waals surface area contributed by atoms with E-state index in [4.69, 9.17) is 10.5 Å². The highest BCUT2D eigenvalue weighted by Crippen LogP contribution is 2.42. The summed E-state index contributed by atoms with van der Waals surface area (Å²) in [5, 5.41) is 0. The number of nitrogens with two attached hydrogens (primary N) is 1. The first-order valence-corrected chi connectivity index (χ1v) is 8.81. The molecule has 1 spiro atoms. The second kappa shape index (κ2) is 6.87. The number of piperidine rings is 1. The number of likely N-dealkylation sites (tertiary alicyclic amines) is 1. The Morgan fingerprint density at radius 1 is 1.29 bits per heavy atom. The predicted octanol–water partition coefficient (Wildman–Crippen LogP) is 3.39. The molecule has 1 aromatic rings. The third-order valence-corrected chi connectivity index (χ3v) is 5.35. The van der Waals surface area contributed by atoms with Gasteiger partial charge in [0.25, 0.3) is 0 Å². The van der Waals surface area contributed by atoms with Crippen molar-refractivity contribution >= 4 is 17.5 Å². The molecular weight excluding hydrogens is 309 g/mol. The number of rotatable bonds is 4. The molecule has 6 heteroatoms. The largest absolute Gasteiger partial charge is 0.449 e. The van der Waals surface area contributed by atoms with Crippen molar-refractivity contribution < 1.29 is 13.9 Å². The Morgan fingerprint density at radius 3 is 2.58 bits per heavy atom. The van der Waals surface area contributed by atoms with Crippen LogP contribution in [0.5, 0.6) is 0 Å². The van der Waals surface area contributed by atoms with E-state index in [1.54, 1.807) is 12.1 Å². The van der Waals surface area contributed by atoms with E-state index in [1.165, 1.54) is 6.07 Å². The molecule has 2 fully saturated rings. The first-order valence-electron chi connectivity index (χ1n) is 8.81. The van der Waals surface area contributed by atoms with Crippen molar-refractivity contribution in [1.29, 1.82) is 0 Å². The fourth-order valence-corrected chi connectivity index (χ4v) is 3.74. The molecule has 2 aliphatic rings. The van der Waals surface area contributed by atoms with E-state index in [1.807, 2.05) is 9.80 Å². The minimum absolute atomic E-state index is 0.111. The second-order valence-corrected chi connectivity index (χ2v) is 6.76. The number of hydrogen-bond acceptors (Lipinski definition) is 4. The number of nitrogen functional groups attached to an aromatic ring is 1. The molecule has 2 heterocycles. The normalized spacial score (nSPS) is 19.2. The van der Waals surface area contributed by atoms with Crippen molar-refractivity contribution in [3.63, 3.8) is 0 Å². The minimum Gasteiger partial charge on any atom is -0.449 e. The van der Waals surface area contributed by atoms with E-state index >= 15 is 0 Å². The van der Waals surface area contributed by atoms with Gasteiger partial charge in [-0.1, -0.05) is 19.4 Å². The molecule has 0 bridgehead atoms. The maximum atomic E-state index is 14.1. The molecule has 2 saturated heterocycles. The summed E-state index contributed by atoms with van der Waals surface area (Å²) in [6.07, 6.45) is 4.35. The first kappa shape index (κ1) is 16.9. The number of unbranched alkanes of at least 4 members (excludes halogenated alkanes) is 1. The smallest absolute Gasteiger partial charge is 0.410 e. The zero-order valence-corrected chi connectivity index (χ0v) is 14.3. The molecule has 0 aromatic heterocycles. The molecule has 24 heavy (non-hydrogen) atoms. The molecule has 0 atom stereocenters. The maximum absolute atomic E-state index is 14.1. The van der Waals surface area contributed by atoms with Gasteiger partial charge in [0.1, 0.15) is 5.82 Å². The molecule has 132 valence electrons. The third-order valence-electron chi connectivity index (χ3n) is 5.35. The number of benzene rings is 1. The molecule has 0 unspecified atom stereocenters. The van der Waals surface area contributed by atoms with Crippen LogP contribution < -0.4 is 10.6 Å². The first-order chi connectivity index (χ1) is 11.6. The van der Waals surface area contributed by atoms with Crippen molar-refractivity contribution in [1.82, 2.24) is 4.90 Å². The Kier molecular flexibility index (Phi) is 4.83. The number of nitrogens with zero attached hydrogens (tertiary/aromatic N) is 2. The highest BCUT2D eigenvalue weighted by atomic mass is 19.1. The van der Waals surface area contributed by atoms with E-state index in [-0.39, 0.29) is 17.4 Å². The SMILES string of the molecule is CCCCOC(=O)N1CCC12CCN(c1c(N)cccc1F)CC2. The lowest BCUT2D eigenvalue weighted by Crippen LogP contribution is -2.66. The number of hydrogen-bond donors (Lipinski definition) is 1. The lowest BCUT2D eigenvalue weighted by molar-refractivity contribution is -0.0287. The van der Waals surface area contributed by atoms with Gasteiger partial charge in [0.2, 0.25) is 0 Å². The quantitative estimate of drug-likeness (QED) is 0.677. The third kappa shape index (κ3) is 3.01.